The number of allylic oxidation sites excluding steroid dienone is 1. The minimum absolute atomic E-state index is 0.302. The third-order valence-corrected chi connectivity index (χ3v) is 2.78. The van der Waals surface area contributed by atoms with Gasteiger partial charge in [0, 0.05) is 0 Å². The Morgan fingerprint density at radius 1 is 1.20 bits per heavy atom. The standard InChI is InChI=1S/C17H24O3/c1-3-5-6-7-8-13-19-16-11-9-10-15(14-16)17(18)20-12-4-2/h8-11,13-14H,3-7,12H2,1-2H3. The van der Waals surface area contributed by atoms with Crippen molar-refractivity contribution in [1.82, 2.24) is 0 Å². The van der Waals surface area contributed by atoms with E-state index in [1.807, 2.05) is 19.1 Å². The van der Waals surface area contributed by atoms with Gasteiger partial charge in [0.1, 0.15) is 5.75 Å². The summed E-state index contributed by atoms with van der Waals surface area (Å²) in [5, 5.41) is 0. The molecule has 1 aromatic rings. The highest BCUT2D eigenvalue weighted by molar-refractivity contribution is 5.89. The Kier molecular flexibility index (Phi) is 8.20. The summed E-state index contributed by atoms with van der Waals surface area (Å²) in [6.45, 7) is 4.60. The number of carbonyl (C=O) groups excluding carboxylic acids is 1. The van der Waals surface area contributed by atoms with Gasteiger partial charge in [-0.05, 0) is 43.5 Å². The highest BCUT2D eigenvalue weighted by atomic mass is 16.5. The van der Waals surface area contributed by atoms with Gasteiger partial charge < -0.3 is 9.47 Å². The van der Waals surface area contributed by atoms with Gasteiger partial charge in [0.25, 0.3) is 0 Å². The zero-order valence-corrected chi connectivity index (χ0v) is 12.4. The van der Waals surface area contributed by atoms with Crippen molar-refractivity contribution >= 4 is 5.97 Å². The molecular formula is C17H24O3. The van der Waals surface area contributed by atoms with E-state index in [-0.39, 0.29) is 5.97 Å². The average Bonchev–Trinajstić information content (AvgIpc) is 2.48. The van der Waals surface area contributed by atoms with Crippen LogP contribution in [-0.2, 0) is 4.74 Å². The lowest BCUT2D eigenvalue weighted by molar-refractivity contribution is 0.0505. The molecule has 0 saturated heterocycles. The monoisotopic (exact) mass is 276 g/mol. The van der Waals surface area contributed by atoms with E-state index in [2.05, 4.69) is 6.92 Å². The van der Waals surface area contributed by atoms with Crippen LogP contribution >= 0.6 is 0 Å². The van der Waals surface area contributed by atoms with E-state index in [9.17, 15) is 4.79 Å². The van der Waals surface area contributed by atoms with E-state index < -0.39 is 0 Å². The molecule has 0 unspecified atom stereocenters. The van der Waals surface area contributed by atoms with E-state index >= 15 is 0 Å². The van der Waals surface area contributed by atoms with E-state index in [0.29, 0.717) is 17.9 Å². The van der Waals surface area contributed by atoms with Crippen molar-refractivity contribution in [1.29, 1.82) is 0 Å². The zero-order chi connectivity index (χ0) is 14.6. The van der Waals surface area contributed by atoms with Crippen LogP contribution in [0.4, 0.5) is 0 Å². The molecule has 0 aliphatic carbocycles. The predicted molar refractivity (Wildman–Crippen MR) is 80.9 cm³/mol. The van der Waals surface area contributed by atoms with Crippen molar-refractivity contribution in [3.05, 3.63) is 42.2 Å². The molecule has 110 valence electrons. The number of hydrogen-bond acceptors (Lipinski definition) is 3. The maximum Gasteiger partial charge on any atom is 0.338 e. The Labute approximate surface area is 121 Å². The number of unbranched alkanes of at least 4 members (excludes halogenated alkanes) is 3. The summed E-state index contributed by atoms with van der Waals surface area (Å²) >= 11 is 0. The fourth-order valence-corrected chi connectivity index (χ4v) is 1.68. The smallest absolute Gasteiger partial charge is 0.338 e. The molecule has 0 bridgehead atoms. The summed E-state index contributed by atoms with van der Waals surface area (Å²) in [5.74, 6) is 0.354. The number of benzene rings is 1. The fraction of sp³-hybridized carbons (Fsp3) is 0.471. The van der Waals surface area contributed by atoms with Crippen LogP contribution in [0.3, 0.4) is 0 Å². The van der Waals surface area contributed by atoms with Crippen molar-refractivity contribution in [3.8, 4) is 5.75 Å². The first-order valence-corrected chi connectivity index (χ1v) is 7.36. The first-order chi connectivity index (χ1) is 9.77. The Morgan fingerprint density at radius 2 is 2.05 bits per heavy atom. The number of rotatable bonds is 9. The summed E-state index contributed by atoms with van der Waals surface area (Å²) in [5.41, 5.74) is 0.523. The second-order valence-corrected chi connectivity index (χ2v) is 4.65. The summed E-state index contributed by atoms with van der Waals surface area (Å²) < 4.78 is 10.6. The number of ether oxygens (including phenoxy) is 2. The van der Waals surface area contributed by atoms with Gasteiger partial charge >= 0.3 is 5.97 Å². The van der Waals surface area contributed by atoms with Gasteiger partial charge in [0.05, 0.1) is 18.4 Å². The van der Waals surface area contributed by atoms with Crippen LogP contribution in [0.2, 0.25) is 0 Å². The lowest BCUT2D eigenvalue weighted by atomic mass is 10.2. The van der Waals surface area contributed by atoms with E-state index in [1.165, 1.54) is 19.3 Å². The number of esters is 1. The third-order valence-electron chi connectivity index (χ3n) is 2.78. The Morgan fingerprint density at radius 3 is 2.80 bits per heavy atom. The molecule has 0 fully saturated rings. The van der Waals surface area contributed by atoms with Gasteiger partial charge in [-0.1, -0.05) is 32.8 Å². The Hall–Kier alpha value is -1.77. The SMILES string of the molecule is CCCCCC=COc1cccc(C(=O)OCCC)c1. The molecule has 0 heterocycles. The van der Waals surface area contributed by atoms with Crippen LogP contribution < -0.4 is 4.74 Å². The lowest BCUT2D eigenvalue weighted by Gasteiger charge is -2.05. The maximum atomic E-state index is 11.7. The summed E-state index contributed by atoms with van der Waals surface area (Å²) in [6.07, 6.45) is 9.18. The molecule has 3 heteroatoms. The average molecular weight is 276 g/mol. The van der Waals surface area contributed by atoms with E-state index in [4.69, 9.17) is 9.47 Å². The van der Waals surface area contributed by atoms with E-state index in [1.54, 1.807) is 24.5 Å². The fourth-order valence-electron chi connectivity index (χ4n) is 1.68. The van der Waals surface area contributed by atoms with Crippen molar-refractivity contribution in [2.45, 2.75) is 46.0 Å². The van der Waals surface area contributed by atoms with Crippen LogP contribution in [0, 0.1) is 0 Å². The third kappa shape index (κ3) is 6.41. The van der Waals surface area contributed by atoms with Crippen molar-refractivity contribution in [3.63, 3.8) is 0 Å². The molecule has 0 N–H and O–H groups in total. The summed E-state index contributed by atoms with van der Waals surface area (Å²) in [4.78, 5) is 11.7. The largest absolute Gasteiger partial charge is 0.465 e. The molecule has 20 heavy (non-hydrogen) atoms. The predicted octanol–water partition coefficient (Wildman–Crippen LogP) is 4.73. The van der Waals surface area contributed by atoms with Crippen molar-refractivity contribution in [2.75, 3.05) is 6.61 Å². The molecule has 1 aromatic carbocycles. The van der Waals surface area contributed by atoms with Crippen LogP contribution in [-0.4, -0.2) is 12.6 Å². The number of carbonyl (C=O) groups is 1. The summed E-state index contributed by atoms with van der Waals surface area (Å²) in [6, 6.07) is 7.06. The minimum Gasteiger partial charge on any atom is -0.465 e. The zero-order valence-electron chi connectivity index (χ0n) is 12.4. The molecule has 0 atom stereocenters. The number of hydrogen-bond donors (Lipinski definition) is 0. The quantitative estimate of drug-likeness (QED) is 0.372. The van der Waals surface area contributed by atoms with Crippen molar-refractivity contribution in [2.24, 2.45) is 0 Å². The highest BCUT2D eigenvalue weighted by Gasteiger charge is 2.07. The summed E-state index contributed by atoms with van der Waals surface area (Å²) in [7, 11) is 0. The molecule has 1 rings (SSSR count). The molecule has 0 radical (unpaired) electrons. The topological polar surface area (TPSA) is 35.5 Å². The normalized spacial score (nSPS) is 10.7. The van der Waals surface area contributed by atoms with Gasteiger partial charge in [-0.15, -0.1) is 0 Å². The van der Waals surface area contributed by atoms with E-state index in [0.717, 1.165) is 12.8 Å². The molecule has 3 nitrogen and oxygen atoms in total. The van der Waals surface area contributed by atoms with Gasteiger partial charge in [0.2, 0.25) is 0 Å². The first-order valence-electron chi connectivity index (χ1n) is 7.36. The highest BCUT2D eigenvalue weighted by Crippen LogP contribution is 2.15. The van der Waals surface area contributed by atoms with Gasteiger partial charge in [-0.3, -0.25) is 0 Å². The van der Waals surface area contributed by atoms with Crippen LogP contribution in [0.25, 0.3) is 0 Å². The molecule has 0 saturated carbocycles. The molecule has 0 aromatic heterocycles. The lowest BCUT2D eigenvalue weighted by Crippen LogP contribution is -2.05. The molecule has 0 aliphatic rings. The maximum absolute atomic E-state index is 11.7. The van der Waals surface area contributed by atoms with Gasteiger partial charge in [-0.25, -0.2) is 4.79 Å². The van der Waals surface area contributed by atoms with Crippen LogP contribution in [0.5, 0.6) is 5.75 Å². The molecule has 0 spiro atoms. The second kappa shape index (κ2) is 10.1. The second-order valence-electron chi connectivity index (χ2n) is 4.65. The Balaban J connectivity index is 2.45. The molecule has 0 aliphatic heterocycles. The van der Waals surface area contributed by atoms with Crippen molar-refractivity contribution < 1.29 is 14.3 Å². The minimum atomic E-state index is -0.302. The van der Waals surface area contributed by atoms with Gasteiger partial charge in [0.15, 0.2) is 0 Å². The first kappa shape index (κ1) is 16.3. The van der Waals surface area contributed by atoms with Crippen LogP contribution in [0.15, 0.2) is 36.6 Å². The Bertz CT molecular complexity index is 424. The van der Waals surface area contributed by atoms with Gasteiger partial charge in [-0.2, -0.15) is 0 Å². The van der Waals surface area contributed by atoms with Crippen LogP contribution in [0.1, 0.15) is 56.3 Å². The molecule has 0 amide bonds. The molecular weight excluding hydrogens is 252 g/mol.